The maximum Gasteiger partial charge on any atom is 0.472 e. The average molecular weight is 1470 g/mol. The van der Waals surface area contributed by atoms with Crippen LogP contribution in [0.1, 0.15) is 310 Å². The Balaban J connectivity index is 5.41. The molecule has 0 aliphatic rings. The topological polar surface area (TPSA) is 237 Å². The van der Waals surface area contributed by atoms with Gasteiger partial charge in [-0.1, -0.05) is 258 Å². The number of carbonyl (C=O) groups is 4. The number of hydrogen-bond donors (Lipinski definition) is 3. The molecule has 0 saturated heterocycles. The number of hydrogen-bond acceptors (Lipinski definition) is 15. The van der Waals surface area contributed by atoms with Gasteiger partial charge < -0.3 is 33.8 Å². The predicted octanol–water partition coefficient (Wildman–Crippen LogP) is 22.9. The summed E-state index contributed by atoms with van der Waals surface area (Å²) >= 11 is 0. The molecule has 102 heavy (non-hydrogen) atoms. The van der Waals surface area contributed by atoms with Crippen molar-refractivity contribution in [3.8, 4) is 0 Å². The van der Waals surface area contributed by atoms with Crippen molar-refractivity contribution in [2.24, 2.45) is 0 Å². The number of aliphatic hydroxyl groups excluding tert-OH is 1. The quantitative estimate of drug-likeness (QED) is 0.0169. The monoisotopic (exact) mass is 1470 g/mol. The highest BCUT2D eigenvalue weighted by molar-refractivity contribution is 7.47. The molecule has 0 aromatic heterocycles. The molecule has 0 aliphatic heterocycles. The highest BCUT2D eigenvalue weighted by atomic mass is 31.2. The van der Waals surface area contributed by atoms with Crippen molar-refractivity contribution in [2.75, 3.05) is 39.6 Å². The largest absolute Gasteiger partial charge is 0.472 e. The van der Waals surface area contributed by atoms with E-state index in [2.05, 4.69) is 161 Å². The number of ether oxygens (including phenoxy) is 4. The number of carbonyl (C=O) groups excluding carboxylic acids is 4. The molecule has 0 aliphatic carbocycles. The Morgan fingerprint density at radius 2 is 0.529 bits per heavy atom. The first-order chi connectivity index (χ1) is 49.7. The summed E-state index contributed by atoms with van der Waals surface area (Å²) in [7, 11) is -9.98. The highest BCUT2D eigenvalue weighted by Gasteiger charge is 2.30. The molecule has 0 aromatic carbocycles. The van der Waals surface area contributed by atoms with Crippen LogP contribution in [0.4, 0.5) is 0 Å². The van der Waals surface area contributed by atoms with E-state index < -0.39 is 97.5 Å². The molecule has 17 nitrogen and oxygen atoms in total. The number of aliphatic hydroxyl groups is 1. The molecule has 0 rings (SSSR count). The molecule has 0 bridgehead atoms. The molecular weight excluding hydrogens is 1330 g/mol. The smallest absolute Gasteiger partial charge is 0.462 e. The zero-order valence-corrected chi connectivity index (χ0v) is 65.5. The van der Waals surface area contributed by atoms with Gasteiger partial charge in [-0.05, 0) is 161 Å². The molecule has 0 fully saturated rings. The first-order valence-corrected chi connectivity index (χ1v) is 42.4. The van der Waals surface area contributed by atoms with E-state index in [4.69, 9.17) is 37.0 Å². The van der Waals surface area contributed by atoms with Gasteiger partial charge >= 0.3 is 39.5 Å². The van der Waals surface area contributed by atoms with Gasteiger partial charge in [0.15, 0.2) is 12.2 Å². The SMILES string of the molecule is CC/C=C\C/C=C\C/C=C\C/C=C\C/C=C\CCCCCC(=O)OCC(COP(=O)(O)OCC(O)COP(=O)(O)OCC(COC(=O)CCCCCCC/C=C\C/C=C\CCCCC)OC(=O)CCCCCCC/C=C\C/C=C\CCCCC)OC(=O)CCCCCCC/C=C\C/C=C\CCC. The molecule has 0 amide bonds. The van der Waals surface area contributed by atoms with E-state index in [0.717, 1.165) is 193 Å². The van der Waals surface area contributed by atoms with E-state index in [9.17, 15) is 43.2 Å². The van der Waals surface area contributed by atoms with Gasteiger partial charge in [-0.15, -0.1) is 0 Å². The minimum atomic E-state index is -4.99. The van der Waals surface area contributed by atoms with Gasteiger partial charge in [-0.25, -0.2) is 9.13 Å². The Labute approximate surface area is 618 Å². The molecule has 0 heterocycles. The molecule has 584 valence electrons. The second-order valence-corrected chi connectivity index (χ2v) is 28.8. The predicted molar refractivity (Wildman–Crippen MR) is 418 cm³/mol. The normalized spacial score (nSPS) is 14.6. The summed E-state index contributed by atoms with van der Waals surface area (Å²) in [4.78, 5) is 73.0. The van der Waals surface area contributed by atoms with E-state index in [1.165, 1.54) is 38.5 Å². The van der Waals surface area contributed by atoms with Crippen molar-refractivity contribution in [2.45, 2.75) is 329 Å². The summed E-state index contributed by atoms with van der Waals surface area (Å²) in [6.45, 7) is 4.56. The third-order valence-corrected chi connectivity index (χ3v) is 18.0. The lowest BCUT2D eigenvalue weighted by Gasteiger charge is -2.21. The molecular formula is C83H140O17P2. The van der Waals surface area contributed by atoms with Crippen LogP contribution in [0, 0.1) is 0 Å². The van der Waals surface area contributed by atoms with Gasteiger partial charge in [0.2, 0.25) is 0 Å². The van der Waals surface area contributed by atoms with Crippen molar-refractivity contribution < 1.29 is 80.2 Å². The number of esters is 4. The molecule has 0 saturated carbocycles. The van der Waals surface area contributed by atoms with E-state index in [1.54, 1.807) is 0 Å². The number of phosphoric ester groups is 2. The lowest BCUT2D eigenvalue weighted by Crippen LogP contribution is -2.30. The molecule has 19 heteroatoms. The lowest BCUT2D eigenvalue weighted by molar-refractivity contribution is -0.161. The van der Waals surface area contributed by atoms with Crippen LogP contribution in [0.3, 0.4) is 0 Å². The van der Waals surface area contributed by atoms with Crippen molar-refractivity contribution in [3.05, 3.63) is 134 Å². The zero-order chi connectivity index (χ0) is 74.6. The van der Waals surface area contributed by atoms with Crippen molar-refractivity contribution >= 4 is 39.5 Å². The van der Waals surface area contributed by atoms with Gasteiger partial charge in [-0.3, -0.25) is 37.3 Å². The van der Waals surface area contributed by atoms with Crippen LogP contribution in [0.25, 0.3) is 0 Å². The Morgan fingerprint density at radius 1 is 0.284 bits per heavy atom. The second-order valence-electron chi connectivity index (χ2n) is 25.9. The Kier molecular flexibility index (Phi) is 71.0. The molecule has 0 radical (unpaired) electrons. The van der Waals surface area contributed by atoms with E-state index in [-0.39, 0.29) is 25.7 Å². The van der Waals surface area contributed by atoms with E-state index in [1.807, 2.05) is 0 Å². The van der Waals surface area contributed by atoms with Gasteiger partial charge in [0.25, 0.3) is 0 Å². The molecule has 5 atom stereocenters. The fraction of sp³-hybridized carbons (Fsp3) is 0.687. The Hall–Kier alpha value is -4.80. The fourth-order valence-electron chi connectivity index (χ4n) is 10.0. The van der Waals surface area contributed by atoms with Crippen LogP contribution in [-0.2, 0) is 65.4 Å². The molecule has 5 unspecified atom stereocenters. The maximum absolute atomic E-state index is 13.1. The highest BCUT2D eigenvalue weighted by Crippen LogP contribution is 2.45. The second kappa shape index (κ2) is 74.5. The summed E-state index contributed by atoms with van der Waals surface area (Å²) in [6, 6.07) is 0. The summed E-state index contributed by atoms with van der Waals surface area (Å²) in [5.41, 5.74) is 0. The number of phosphoric acid groups is 2. The van der Waals surface area contributed by atoms with Crippen LogP contribution >= 0.6 is 15.6 Å². The summed E-state index contributed by atoms with van der Waals surface area (Å²) in [6.07, 6.45) is 82.9. The van der Waals surface area contributed by atoms with Crippen LogP contribution < -0.4 is 0 Å². The third kappa shape index (κ3) is 73.5. The number of allylic oxidation sites excluding steroid dienone is 22. The van der Waals surface area contributed by atoms with Gasteiger partial charge in [0.1, 0.15) is 19.3 Å². The summed E-state index contributed by atoms with van der Waals surface area (Å²) < 4.78 is 68.5. The Morgan fingerprint density at radius 3 is 0.833 bits per heavy atom. The minimum Gasteiger partial charge on any atom is -0.462 e. The zero-order valence-electron chi connectivity index (χ0n) is 63.7. The van der Waals surface area contributed by atoms with Gasteiger partial charge in [-0.2, -0.15) is 0 Å². The first kappa shape index (κ1) is 97.2. The molecule has 3 N–H and O–H groups in total. The van der Waals surface area contributed by atoms with Crippen LogP contribution in [0.15, 0.2) is 134 Å². The number of unbranched alkanes of at least 4 members (excludes halogenated alkanes) is 25. The third-order valence-electron chi connectivity index (χ3n) is 16.0. The van der Waals surface area contributed by atoms with Crippen molar-refractivity contribution in [3.63, 3.8) is 0 Å². The molecule has 0 spiro atoms. The van der Waals surface area contributed by atoms with Crippen molar-refractivity contribution in [1.29, 1.82) is 0 Å². The average Bonchev–Trinajstić information content (AvgIpc) is 0.908. The van der Waals surface area contributed by atoms with Gasteiger partial charge in [0, 0.05) is 25.7 Å². The summed E-state index contributed by atoms with van der Waals surface area (Å²) in [5.74, 6) is -2.26. The molecule has 0 aromatic rings. The lowest BCUT2D eigenvalue weighted by atomic mass is 10.1. The van der Waals surface area contributed by atoms with E-state index in [0.29, 0.717) is 25.7 Å². The minimum absolute atomic E-state index is 0.0671. The number of rotatable bonds is 73. The van der Waals surface area contributed by atoms with Crippen LogP contribution in [-0.4, -0.2) is 96.7 Å². The summed E-state index contributed by atoms with van der Waals surface area (Å²) in [5, 5.41) is 10.6. The van der Waals surface area contributed by atoms with Crippen LogP contribution in [0.5, 0.6) is 0 Å². The fourth-order valence-corrected chi connectivity index (χ4v) is 11.6. The van der Waals surface area contributed by atoms with E-state index >= 15 is 0 Å². The van der Waals surface area contributed by atoms with Gasteiger partial charge in [0.05, 0.1) is 26.4 Å². The standard InChI is InChI=1S/C83H140O17P2/c1-5-9-13-17-21-25-29-33-36-37-38-39-42-45-48-52-56-60-64-68-81(86)94-73-78(99-82(87)69-65-61-57-53-49-43-32-28-24-20-16-12-8-4)75-97-101(89,90)95-71-77(84)72-96-102(91,92)98-76-79(100-83(88)70-66-62-58-54-50-46-41-35-31-27-23-19-15-11-7-3)74-93-80(85)67-63-59-55-51-47-44-40-34-30-26-22-18-14-10-6-2/h9,13,16,20-23,25-28,32-36,38-41,45,48,77-79,84H,5-8,10-12,14-15,17-19,24,29-31,37,42-44,46-47,49-76H2,1-4H3,(H,89,90)(H,91,92)/b13-9-,20-16-,25-21-,26-22-,27-23-,32-28-,36-33-,39-38-,40-34-,41-35-,48-45-. The van der Waals surface area contributed by atoms with Crippen LogP contribution in [0.2, 0.25) is 0 Å². The maximum atomic E-state index is 13.1. The Bertz CT molecular complexity index is 2460. The van der Waals surface area contributed by atoms with Crippen molar-refractivity contribution in [1.82, 2.24) is 0 Å². The first-order valence-electron chi connectivity index (χ1n) is 39.4.